The van der Waals surface area contributed by atoms with Gasteiger partial charge in [-0.25, -0.2) is 0 Å². The Hall–Kier alpha value is -1.28. The lowest BCUT2D eigenvalue weighted by molar-refractivity contribution is 0.559. The number of hydrogen-bond acceptors (Lipinski definition) is 1. The summed E-state index contributed by atoms with van der Waals surface area (Å²) < 4.78 is 2.19. The smallest absolute Gasteiger partial charge is 0.0480 e. The van der Waals surface area contributed by atoms with Gasteiger partial charge in [0.2, 0.25) is 0 Å². The third-order valence-electron chi connectivity index (χ3n) is 4.60. The Bertz CT molecular complexity index is 565. The Morgan fingerprint density at radius 3 is 2.71 bits per heavy atom. The second-order valence-electron chi connectivity index (χ2n) is 5.85. The van der Waals surface area contributed by atoms with Gasteiger partial charge in [-0.05, 0) is 41.5 Å². The van der Waals surface area contributed by atoms with Gasteiger partial charge in [0.15, 0.2) is 0 Å². The second-order valence-corrected chi connectivity index (χ2v) is 5.85. The zero-order valence-corrected chi connectivity index (χ0v) is 10.8. The van der Waals surface area contributed by atoms with E-state index in [9.17, 15) is 0 Å². The molecule has 3 rings (SSSR count). The topological polar surface area (TPSA) is 30.9 Å². The molecule has 0 amide bonds. The maximum absolute atomic E-state index is 5.88. The van der Waals surface area contributed by atoms with Gasteiger partial charge >= 0.3 is 0 Å². The summed E-state index contributed by atoms with van der Waals surface area (Å²) in [5.74, 6) is 1.26. The zero-order valence-electron chi connectivity index (χ0n) is 10.8. The first kappa shape index (κ1) is 10.8. The number of benzene rings is 1. The van der Waals surface area contributed by atoms with Crippen molar-refractivity contribution in [3.05, 3.63) is 36.0 Å². The highest BCUT2D eigenvalue weighted by atomic mass is 14.9. The molecule has 1 heterocycles. The Labute approximate surface area is 102 Å². The van der Waals surface area contributed by atoms with E-state index in [2.05, 4.69) is 55.9 Å². The molecule has 0 spiro atoms. The van der Waals surface area contributed by atoms with Crippen LogP contribution in [0.3, 0.4) is 0 Å². The van der Waals surface area contributed by atoms with Crippen LogP contribution in [0.2, 0.25) is 0 Å². The molecule has 0 radical (unpaired) electrons. The van der Waals surface area contributed by atoms with Crippen LogP contribution in [0.5, 0.6) is 0 Å². The summed E-state index contributed by atoms with van der Waals surface area (Å²) in [6.07, 6.45) is 2.14. The molecule has 1 aromatic carbocycles. The number of nitrogens with zero attached hydrogens (tertiary/aromatic N) is 1. The van der Waals surface area contributed by atoms with Gasteiger partial charge in [0, 0.05) is 24.1 Å². The van der Waals surface area contributed by atoms with Crippen LogP contribution in [-0.4, -0.2) is 11.1 Å². The van der Waals surface area contributed by atoms with Crippen LogP contribution in [0, 0.1) is 11.3 Å². The maximum Gasteiger partial charge on any atom is 0.0480 e. The molecular formula is C15H20N2. The molecule has 2 N–H and O–H groups in total. The first-order valence-corrected chi connectivity index (χ1v) is 6.31. The average Bonchev–Trinajstić information content (AvgIpc) is 2.64. The molecule has 2 heteroatoms. The predicted molar refractivity (Wildman–Crippen MR) is 72.0 cm³/mol. The molecule has 0 saturated heterocycles. The highest BCUT2D eigenvalue weighted by Gasteiger charge is 2.57. The molecular weight excluding hydrogens is 208 g/mol. The molecule has 1 aliphatic rings. The minimum absolute atomic E-state index is 0.360. The standard InChI is InChI=1S/C15H20N2/c1-15(2)12(9-16)14(15)11-5-4-6-13-10(11)7-8-17(13)3/h4-8,12,14H,9,16H2,1-3H3/t12-,14-/m1/s1. The predicted octanol–water partition coefficient (Wildman–Crippen LogP) is 2.88. The minimum Gasteiger partial charge on any atom is -0.351 e. The van der Waals surface area contributed by atoms with Gasteiger partial charge in [0.25, 0.3) is 0 Å². The van der Waals surface area contributed by atoms with E-state index in [0.717, 1.165) is 6.54 Å². The van der Waals surface area contributed by atoms with Crippen molar-refractivity contribution < 1.29 is 0 Å². The third-order valence-corrected chi connectivity index (χ3v) is 4.60. The first-order valence-electron chi connectivity index (χ1n) is 6.31. The van der Waals surface area contributed by atoms with Crippen molar-refractivity contribution in [2.24, 2.45) is 24.1 Å². The molecule has 1 aromatic heterocycles. The summed E-state index contributed by atoms with van der Waals surface area (Å²) in [4.78, 5) is 0. The van der Waals surface area contributed by atoms with E-state index in [-0.39, 0.29) is 0 Å². The summed E-state index contributed by atoms with van der Waals surface area (Å²) in [7, 11) is 2.10. The molecule has 2 aromatic rings. The average molecular weight is 228 g/mol. The van der Waals surface area contributed by atoms with E-state index in [1.165, 1.54) is 16.5 Å². The second kappa shape index (κ2) is 3.36. The Morgan fingerprint density at radius 2 is 2.06 bits per heavy atom. The maximum atomic E-state index is 5.88. The highest BCUT2D eigenvalue weighted by molar-refractivity contribution is 5.84. The van der Waals surface area contributed by atoms with Crippen LogP contribution >= 0.6 is 0 Å². The number of fused-ring (bicyclic) bond motifs is 1. The fraction of sp³-hybridized carbons (Fsp3) is 0.467. The molecule has 90 valence electrons. The van der Waals surface area contributed by atoms with Gasteiger partial charge in [-0.3, -0.25) is 0 Å². The summed E-state index contributed by atoms with van der Waals surface area (Å²) in [6, 6.07) is 8.85. The molecule has 1 saturated carbocycles. The van der Waals surface area contributed by atoms with Crippen molar-refractivity contribution in [1.82, 2.24) is 4.57 Å². The van der Waals surface area contributed by atoms with E-state index < -0.39 is 0 Å². The number of hydrogen-bond donors (Lipinski definition) is 1. The number of nitrogens with two attached hydrogens (primary N) is 1. The summed E-state index contributed by atoms with van der Waals surface area (Å²) in [5, 5.41) is 1.39. The summed E-state index contributed by atoms with van der Waals surface area (Å²) in [5.41, 5.74) is 9.04. The Balaban J connectivity index is 2.14. The largest absolute Gasteiger partial charge is 0.351 e. The van der Waals surface area contributed by atoms with Gasteiger partial charge in [-0.2, -0.15) is 0 Å². The van der Waals surface area contributed by atoms with Gasteiger partial charge in [-0.15, -0.1) is 0 Å². The summed E-state index contributed by atoms with van der Waals surface area (Å²) >= 11 is 0. The van der Waals surface area contributed by atoms with Crippen LogP contribution < -0.4 is 5.73 Å². The van der Waals surface area contributed by atoms with Crippen molar-refractivity contribution in [3.8, 4) is 0 Å². The fourth-order valence-electron chi connectivity index (χ4n) is 3.40. The lowest BCUT2D eigenvalue weighted by Gasteiger charge is -2.06. The molecule has 1 aliphatic carbocycles. The van der Waals surface area contributed by atoms with Crippen molar-refractivity contribution in [2.45, 2.75) is 19.8 Å². The van der Waals surface area contributed by atoms with Crippen LogP contribution in [-0.2, 0) is 7.05 Å². The van der Waals surface area contributed by atoms with Crippen LogP contribution in [0.15, 0.2) is 30.5 Å². The van der Waals surface area contributed by atoms with Crippen molar-refractivity contribution in [2.75, 3.05) is 6.54 Å². The molecule has 0 bridgehead atoms. The monoisotopic (exact) mass is 228 g/mol. The fourth-order valence-corrected chi connectivity index (χ4v) is 3.40. The molecule has 17 heavy (non-hydrogen) atoms. The SMILES string of the molecule is Cn1ccc2c([C@@H]3[C@@H](CN)C3(C)C)cccc21. The Kier molecular flexibility index (Phi) is 2.14. The molecule has 2 atom stereocenters. The Morgan fingerprint density at radius 1 is 1.29 bits per heavy atom. The van der Waals surface area contributed by atoms with Crippen molar-refractivity contribution in [1.29, 1.82) is 0 Å². The number of rotatable bonds is 2. The van der Waals surface area contributed by atoms with Gasteiger partial charge in [0.05, 0.1) is 0 Å². The van der Waals surface area contributed by atoms with Gasteiger partial charge < -0.3 is 10.3 Å². The number of aryl methyl sites for hydroxylation is 1. The lowest BCUT2D eigenvalue weighted by atomic mass is 10.00. The highest BCUT2D eigenvalue weighted by Crippen LogP contribution is 2.64. The third kappa shape index (κ3) is 1.37. The number of aromatic nitrogens is 1. The van der Waals surface area contributed by atoms with Gasteiger partial charge in [0.1, 0.15) is 0 Å². The normalized spacial score (nSPS) is 26.4. The van der Waals surface area contributed by atoms with E-state index >= 15 is 0 Å². The molecule has 2 nitrogen and oxygen atoms in total. The van der Waals surface area contributed by atoms with E-state index in [4.69, 9.17) is 5.73 Å². The first-order chi connectivity index (χ1) is 8.07. The molecule has 0 unspecified atom stereocenters. The van der Waals surface area contributed by atoms with Gasteiger partial charge in [-0.1, -0.05) is 26.0 Å². The van der Waals surface area contributed by atoms with E-state index in [1.807, 2.05) is 0 Å². The van der Waals surface area contributed by atoms with E-state index in [1.54, 1.807) is 0 Å². The van der Waals surface area contributed by atoms with Crippen LogP contribution in [0.1, 0.15) is 25.3 Å². The van der Waals surface area contributed by atoms with Crippen molar-refractivity contribution in [3.63, 3.8) is 0 Å². The van der Waals surface area contributed by atoms with Crippen LogP contribution in [0.25, 0.3) is 10.9 Å². The van der Waals surface area contributed by atoms with Crippen molar-refractivity contribution >= 4 is 10.9 Å². The minimum atomic E-state index is 0.360. The summed E-state index contributed by atoms with van der Waals surface area (Å²) in [6.45, 7) is 5.45. The molecule has 1 fully saturated rings. The quantitative estimate of drug-likeness (QED) is 0.842. The van der Waals surface area contributed by atoms with Crippen LogP contribution in [0.4, 0.5) is 0 Å². The molecule has 0 aliphatic heterocycles. The zero-order chi connectivity index (χ0) is 12.2. The lowest BCUT2D eigenvalue weighted by Crippen LogP contribution is -2.05. The van der Waals surface area contributed by atoms with E-state index in [0.29, 0.717) is 17.3 Å².